The molecule has 0 aromatic rings. The third-order valence-electron chi connectivity index (χ3n) is 0.845. The molecule has 0 aromatic heterocycles. The molecular weight excluding hydrogens is 106 g/mol. The average Bonchev–Trinajstić information content (AvgIpc) is 1.90. The van der Waals surface area contributed by atoms with Crippen LogP contribution in [0.3, 0.4) is 0 Å². The number of aliphatic hydroxyl groups excluding tert-OH is 1. The molecule has 44 valence electrons. The average molecular weight is 113 g/mol. The molecule has 0 radical (unpaired) electrons. The monoisotopic (exact) mass is 113 g/mol. The second kappa shape index (κ2) is 2.37. The Bertz CT molecular complexity index is 128. The van der Waals surface area contributed by atoms with E-state index in [1.807, 2.05) is 0 Å². The fourth-order valence-corrected chi connectivity index (χ4v) is 0.417. The van der Waals surface area contributed by atoms with E-state index in [2.05, 4.69) is 10.3 Å². The van der Waals surface area contributed by atoms with Gasteiger partial charge in [0.05, 0.1) is 6.61 Å². The lowest BCUT2D eigenvalue weighted by atomic mass is 10.3. The van der Waals surface area contributed by atoms with Crippen LogP contribution in [0.1, 0.15) is 0 Å². The highest BCUT2D eigenvalue weighted by Gasteiger charge is 1.91. The Kier molecular flexibility index (Phi) is 1.54. The van der Waals surface area contributed by atoms with E-state index < -0.39 is 0 Å². The number of nitrogens with one attached hydrogen (secondary N) is 1. The van der Waals surface area contributed by atoms with E-state index in [9.17, 15) is 0 Å². The highest BCUT2D eigenvalue weighted by molar-refractivity contribution is 5.17. The molecule has 0 spiro atoms. The number of aliphatic hydroxyl groups is 1. The van der Waals surface area contributed by atoms with Gasteiger partial charge in [0.15, 0.2) is 0 Å². The molecule has 0 amide bonds. The summed E-state index contributed by atoms with van der Waals surface area (Å²) in [5.41, 5.74) is 3.29. The fraction of sp³-hybridized carbons (Fsp3) is 0.200. The standard InChI is InChI=1S/C5H7NO2/c7-4-5-1-2-8-6-3-5/h1-3,6-7H,4H2. The van der Waals surface area contributed by atoms with Crippen LogP contribution in [0.25, 0.3) is 0 Å². The zero-order valence-corrected chi connectivity index (χ0v) is 4.29. The summed E-state index contributed by atoms with van der Waals surface area (Å²) in [7, 11) is 0. The van der Waals surface area contributed by atoms with Crippen LogP contribution in [-0.2, 0) is 4.84 Å². The van der Waals surface area contributed by atoms with E-state index in [-0.39, 0.29) is 6.61 Å². The van der Waals surface area contributed by atoms with E-state index in [1.165, 1.54) is 6.26 Å². The number of hydrogen-bond acceptors (Lipinski definition) is 3. The topological polar surface area (TPSA) is 41.5 Å². The minimum atomic E-state index is 0.0485. The van der Waals surface area contributed by atoms with Crippen molar-refractivity contribution in [2.24, 2.45) is 0 Å². The van der Waals surface area contributed by atoms with Gasteiger partial charge >= 0.3 is 0 Å². The molecule has 1 aliphatic heterocycles. The van der Waals surface area contributed by atoms with Gasteiger partial charge in [-0.3, -0.25) is 0 Å². The van der Waals surface area contributed by atoms with Gasteiger partial charge in [0, 0.05) is 6.20 Å². The molecule has 0 aromatic carbocycles. The smallest absolute Gasteiger partial charge is 0.119 e. The van der Waals surface area contributed by atoms with Crippen LogP contribution in [0.2, 0.25) is 0 Å². The normalized spacial score (nSPS) is 16.4. The zero-order valence-electron chi connectivity index (χ0n) is 4.29. The van der Waals surface area contributed by atoms with E-state index in [0.717, 1.165) is 5.57 Å². The summed E-state index contributed by atoms with van der Waals surface area (Å²) in [6.45, 7) is 0.0485. The first-order valence-electron chi connectivity index (χ1n) is 2.31. The second-order valence-corrected chi connectivity index (χ2v) is 1.42. The molecule has 0 saturated carbocycles. The lowest BCUT2D eigenvalue weighted by Gasteiger charge is -2.04. The van der Waals surface area contributed by atoms with Crippen LogP contribution in [0.15, 0.2) is 24.1 Å². The molecular formula is C5H7NO2. The van der Waals surface area contributed by atoms with Gasteiger partial charge < -0.3 is 9.94 Å². The number of rotatable bonds is 1. The van der Waals surface area contributed by atoms with Gasteiger partial charge in [-0.15, -0.1) is 0 Å². The Balaban J connectivity index is 2.51. The van der Waals surface area contributed by atoms with E-state index in [4.69, 9.17) is 5.11 Å². The molecule has 3 nitrogen and oxygen atoms in total. The van der Waals surface area contributed by atoms with Crippen molar-refractivity contribution >= 4 is 0 Å². The van der Waals surface area contributed by atoms with Gasteiger partial charge in [-0.25, -0.2) is 5.48 Å². The maximum absolute atomic E-state index is 8.48. The molecule has 0 atom stereocenters. The van der Waals surface area contributed by atoms with Crippen molar-refractivity contribution in [3.8, 4) is 0 Å². The van der Waals surface area contributed by atoms with Crippen molar-refractivity contribution in [3.05, 3.63) is 24.1 Å². The Morgan fingerprint density at radius 1 is 1.75 bits per heavy atom. The lowest BCUT2D eigenvalue weighted by Crippen LogP contribution is -2.07. The van der Waals surface area contributed by atoms with E-state index in [1.54, 1.807) is 12.3 Å². The van der Waals surface area contributed by atoms with Crippen LogP contribution >= 0.6 is 0 Å². The zero-order chi connectivity index (χ0) is 5.82. The maximum Gasteiger partial charge on any atom is 0.119 e. The largest absolute Gasteiger partial charge is 0.392 e. The van der Waals surface area contributed by atoms with Gasteiger partial charge in [0.1, 0.15) is 6.26 Å². The van der Waals surface area contributed by atoms with E-state index in [0.29, 0.717) is 0 Å². The molecule has 1 heterocycles. The van der Waals surface area contributed by atoms with Crippen molar-refractivity contribution in [1.29, 1.82) is 0 Å². The highest BCUT2D eigenvalue weighted by Crippen LogP contribution is 1.96. The fourth-order valence-electron chi connectivity index (χ4n) is 0.417. The second-order valence-electron chi connectivity index (χ2n) is 1.42. The van der Waals surface area contributed by atoms with Gasteiger partial charge in [-0.05, 0) is 11.6 Å². The molecule has 0 unspecified atom stereocenters. The van der Waals surface area contributed by atoms with Crippen molar-refractivity contribution in [2.75, 3.05) is 6.61 Å². The van der Waals surface area contributed by atoms with Gasteiger partial charge in [0.25, 0.3) is 0 Å². The van der Waals surface area contributed by atoms with Crippen molar-refractivity contribution < 1.29 is 9.94 Å². The Morgan fingerprint density at radius 2 is 2.62 bits per heavy atom. The van der Waals surface area contributed by atoms with E-state index >= 15 is 0 Å². The van der Waals surface area contributed by atoms with Crippen molar-refractivity contribution in [3.63, 3.8) is 0 Å². The van der Waals surface area contributed by atoms with Crippen LogP contribution in [-0.4, -0.2) is 11.7 Å². The lowest BCUT2D eigenvalue weighted by molar-refractivity contribution is 0.168. The first-order chi connectivity index (χ1) is 3.93. The molecule has 0 bridgehead atoms. The molecule has 1 rings (SSSR count). The Hall–Kier alpha value is -0.960. The summed E-state index contributed by atoms with van der Waals surface area (Å²) in [6.07, 6.45) is 4.77. The highest BCUT2D eigenvalue weighted by atomic mass is 16.6. The molecule has 0 saturated heterocycles. The van der Waals surface area contributed by atoms with Gasteiger partial charge in [0.2, 0.25) is 0 Å². The number of hydrogen-bond donors (Lipinski definition) is 2. The maximum atomic E-state index is 8.48. The Morgan fingerprint density at radius 3 is 3.00 bits per heavy atom. The van der Waals surface area contributed by atoms with Gasteiger partial charge in [-0.2, -0.15) is 0 Å². The van der Waals surface area contributed by atoms with Gasteiger partial charge in [-0.1, -0.05) is 0 Å². The van der Waals surface area contributed by atoms with Crippen LogP contribution in [0, 0.1) is 0 Å². The molecule has 1 aliphatic rings. The van der Waals surface area contributed by atoms with Crippen LogP contribution < -0.4 is 5.48 Å². The third-order valence-corrected chi connectivity index (χ3v) is 0.845. The summed E-state index contributed by atoms with van der Waals surface area (Å²) >= 11 is 0. The summed E-state index contributed by atoms with van der Waals surface area (Å²) in [4.78, 5) is 4.58. The quantitative estimate of drug-likeness (QED) is 0.499. The van der Waals surface area contributed by atoms with Crippen molar-refractivity contribution in [1.82, 2.24) is 5.48 Å². The predicted octanol–water partition coefficient (Wildman–Crippen LogP) is -0.0889. The summed E-state index contributed by atoms with van der Waals surface area (Å²) in [5.74, 6) is 0. The molecule has 8 heavy (non-hydrogen) atoms. The first-order valence-corrected chi connectivity index (χ1v) is 2.31. The van der Waals surface area contributed by atoms with Crippen LogP contribution in [0.4, 0.5) is 0 Å². The molecule has 2 N–H and O–H groups in total. The molecule has 0 fully saturated rings. The molecule has 0 aliphatic carbocycles. The van der Waals surface area contributed by atoms with Crippen LogP contribution in [0.5, 0.6) is 0 Å². The molecule has 3 heteroatoms. The SMILES string of the molecule is OCC1=CNOC=C1. The third kappa shape index (κ3) is 1.01. The minimum absolute atomic E-state index is 0.0485. The first kappa shape index (κ1) is 5.18. The summed E-state index contributed by atoms with van der Waals surface area (Å²) in [5, 5.41) is 8.48. The number of hydroxylamine groups is 1. The minimum Gasteiger partial charge on any atom is -0.392 e. The summed E-state index contributed by atoms with van der Waals surface area (Å²) < 4.78 is 0. The summed E-state index contributed by atoms with van der Waals surface area (Å²) in [6, 6.07) is 0. The predicted molar refractivity (Wildman–Crippen MR) is 28.5 cm³/mol. The van der Waals surface area contributed by atoms with Crippen molar-refractivity contribution in [2.45, 2.75) is 0 Å². The Labute approximate surface area is 47.2 Å².